The predicted molar refractivity (Wildman–Crippen MR) is 120 cm³/mol. The predicted octanol–water partition coefficient (Wildman–Crippen LogP) is 4.45. The number of hydrogen-bond acceptors (Lipinski definition) is 4. The smallest absolute Gasteiger partial charge is 0.255 e. The Morgan fingerprint density at radius 1 is 1.10 bits per heavy atom. The Balaban J connectivity index is 1.52. The zero-order valence-electron chi connectivity index (χ0n) is 16.8. The Bertz CT molecular complexity index is 1430. The Hall–Kier alpha value is -3.93. The first kappa shape index (κ1) is 18.1. The Labute approximate surface area is 173 Å². The number of benzene rings is 2. The van der Waals surface area contributed by atoms with Gasteiger partial charge in [0, 0.05) is 47.7 Å². The molecule has 0 unspecified atom stereocenters. The fourth-order valence-electron chi connectivity index (χ4n) is 3.74. The molecule has 5 aromatic rings. The molecule has 6 heteroatoms. The van der Waals surface area contributed by atoms with E-state index in [1.54, 1.807) is 17.8 Å². The highest BCUT2D eigenvalue weighted by molar-refractivity contribution is 5.93. The summed E-state index contributed by atoms with van der Waals surface area (Å²) < 4.78 is 1.60. The molecule has 2 aromatic carbocycles. The monoisotopic (exact) mass is 395 g/mol. The molecule has 0 fully saturated rings. The van der Waals surface area contributed by atoms with Crippen molar-refractivity contribution in [2.45, 2.75) is 13.3 Å². The van der Waals surface area contributed by atoms with Crippen LogP contribution in [-0.2, 0) is 13.5 Å². The summed E-state index contributed by atoms with van der Waals surface area (Å²) in [6, 6.07) is 18.1. The maximum atomic E-state index is 12.9. The van der Waals surface area contributed by atoms with Crippen LogP contribution in [0.3, 0.4) is 0 Å². The summed E-state index contributed by atoms with van der Waals surface area (Å²) in [6.45, 7) is 2.05. The number of nitrogens with one attached hydrogen (secondary N) is 2. The molecule has 3 aromatic heterocycles. The molecule has 30 heavy (non-hydrogen) atoms. The fraction of sp³-hybridized carbons (Fsp3) is 0.125. The Morgan fingerprint density at radius 2 is 1.93 bits per heavy atom. The maximum Gasteiger partial charge on any atom is 0.255 e. The van der Waals surface area contributed by atoms with Gasteiger partial charge in [-0.1, -0.05) is 35.9 Å². The van der Waals surface area contributed by atoms with Crippen LogP contribution in [0.15, 0.2) is 71.8 Å². The van der Waals surface area contributed by atoms with E-state index in [-0.39, 0.29) is 5.56 Å². The van der Waals surface area contributed by atoms with Crippen LogP contribution in [0.4, 0.5) is 11.6 Å². The van der Waals surface area contributed by atoms with Gasteiger partial charge in [-0.2, -0.15) is 4.98 Å². The second-order valence-corrected chi connectivity index (χ2v) is 7.54. The molecule has 0 spiro atoms. The molecule has 0 saturated carbocycles. The molecule has 0 bridgehead atoms. The average Bonchev–Trinajstić information content (AvgIpc) is 3.24. The van der Waals surface area contributed by atoms with Gasteiger partial charge in [0.15, 0.2) is 0 Å². The molecule has 0 amide bonds. The molecule has 2 N–H and O–H groups in total. The summed E-state index contributed by atoms with van der Waals surface area (Å²) >= 11 is 0. The number of anilines is 2. The normalized spacial score (nSPS) is 11.3. The van der Waals surface area contributed by atoms with Gasteiger partial charge in [0.05, 0.1) is 5.69 Å². The van der Waals surface area contributed by atoms with E-state index in [0.29, 0.717) is 18.0 Å². The molecule has 148 valence electrons. The van der Waals surface area contributed by atoms with Crippen LogP contribution >= 0.6 is 0 Å². The fourth-order valence-corrected chi connectivity index (χ4v) is 3.74. The molecule has 0 aliphatic rings. The molecule has 6 nitrogen and oxygen atoms in total. The van der Waals surface area contributed by atoms with Crippen molar-refractivity contribution in [3.8, 4) is 0 Å². The van der Waals surface area contributed by atoms with Crippen LogP contribution in [0.2, 0.25) is 0 Å². The van der Waals surface area contributed by atoms with E-state index < -0.39 is 0 Å². The van der Waals surface area contributed by atoms with Gasteiger partial charge in [0.1, 0.15) is 5.65 Å². The van der Waals surface area contributed by atoms with Crippen molar-refractivity contribution in [2.75, 3.05) is 5.32 Å². The molecule has 3 heterocycles. The summed E-state index contributed by atoms with van der Waals surface area (Å²) in [5, 5.41) is 5.17. The zero-order chi connectivity index (χ0) is 20.7. The lowest BCUT2D eigenvalue weighted by Crippen LogP contribution is -2.22. The van der Waals surface area contributed by atoms with Gasteiger partial charge in [0.25, 0.3) is 5.56 Å². The van der Waals surface area contributed by atoms with Crippen LogP contribution in [0.25, 0.3) is 21.9 Å². The molecule has 5 rings (SSSR count). The van der Waals surface area contributed by atoms with Gasteiger partial charge in [-0.3, -0.25) is 9.36 Å². The highest BCUT2D eigenvalue weighted by atomic mass is 16.1. The number of hydrogen-bond donors (Lipinski definition) is 2. The van der Waals surface area contributed by atoms with E-state index in [4.69, 9.17) is 0 Å². The largest absolute Gasteiger partial charge is 0.361 e. The van der Waals surface area contributed by atoms with Crippen molar-refractivity contribution in [2.24, 2.45) is 7.05 Å². The van der Waals surface area contributed by atoms with Crippen LogP contribution in [0, 0.1) is 6.92 Å². The highest BCUT2D eigenvalue weighted by Gasteiger charge is 2.11. The number of aromatic amines is 1. The van der Waals surface area contributed by atoms with Gasteiger partial charge in [-0.05, 0) is 36.8 Å². The minimum Gasteiger partial charge on any atom is -0.361 e. The lowest BCUT2D eigenvalue weighted by molar-refractivity contribution is 0.863. The summed E-state index contributed by atoms with van der Waals surface area (Å²) in [5.74, 6) is 0.456. The number of aromatic nitrogens is 4. The van der Waals surface area contributed by atoms with Crippen molar-refractivity contribution < 1.29 is 0 Å². The summed E-state index contributed by atoms with van der Waals surface area (Å²) in [4.78, 5) is 25.2. The first-order valence-electron chi connectivity index (χ1n) is 9.83. The van der Waals surface area contributed by atoms with Crippen LogP contribution in [0.1, 0.15) is 16.7 Å². The number of rotatable bonds is 4. The minimum atomic E-state index is -0.0412. The second kappa shape index (κ2) is 7.15. The van der Waals surface area contributed by atoms with Crippen molar-refractivity contribution in [1.29, 1.82) is 0 Å². The van der Waals surface area contributed by atoms with Crippen molar-refractivity contribution in [3.05, 3.63) is 94.0 Å². The minimum absolute atomic E-state index is 0.0412. The van der Waals surface area contributed by atoms with Gasteiger partial charge in [0.2, 0.25) is 5.95 Å². The standard InChI is InChI=1S/C24H21N5O/c1-15-6-8-16(9-7-15)12-17-13-18-14-26-24(28-22(18)29(2)23(17)30)27-21-5-3-4-20-19(21)10-11-25-20/h3-11,13-14,25H,12H2,1-2H3,(H,26,27,28). The lowest BCUT2D eigenvalue weighted by atomic mass is 10.0. The lowest BCUT2D eigenvalue weighted by Gasteiger charge is -2.11. The molecule has 0 atom stereocenters. The van der Waals surface area contributed by atoms with Gasteiger partial charge in [-0.15, -0.1) is 0 Å². The van der Waals surface area contributed by atoms with Gasteiger partial charge < -0.3 is 10.3 Å². The number of fused-ring (bicyclic) bond motifs is 2. The Kier molecular flexibility index (Phi) is 4.32. The summed E-state index contributed by atoms with van der Waals surface area (Å²) in [5.41, 5.74) is 5.55. The third kappa shape index (κ3) is 3.22. The van der Waals surface area contributed by atoms with Crippen LogP contribution in [-0.4, -0.2) is 19.5 Å². The quantitative estimate of drug-likeness (QED) is 0.471. The topological polar surface area (TPSA) is 75.6 Å². The number of aryl methyl sites for hydroxylation is 2. The molecule has 0 aliphatic carbocycles. The van der Waals surface area contributed by atoms with Gasteiger partial charge >= 0.3 is 0 Å². The van der Waals surface area contributed by atoms with Gasteiger partial charge in [-0.25, -0.2) is 4.98 Å². The molecule has 0 aliphatic heterocycles. The van der Waals surface area contributed by atoms with Crippen molar-refractivity contribution in [3.63, 3.8) is 0 Å². The molecular weight excluding hydrogens is 374 g/mol. The van der Waals surface area contributed by atoms with E-state index in [1.807, 2.05) is 36.5 Å². The van der Waals surface area contributed by atoms with E-state index in [9.17, 15) is 4.79 Å². The Morgan fingerprint density at radius 3 is 2.77 bits per heavy atom. The average molecular weight is 395 g/mol. The highest BCUT2D eigenvalue weighted by Crippen LogP contribution is 2.25. The van der Waals surface area contributed by atoms with E-state index in [1.165, 1.54) is 5.56 Å². The number of H-pyrrole nitrogens is 1. The first-order valence-corrected chi connectivity index (χ1v) is 9.83. The third-order valence-corrected chi connectivity index (χ3v) is 5.38. The SMILES string of the molecule is Cc1ccc(Cc2cc3cnc(Nc4cccc5[nH]ccc45)nc3n(C)c2=O)cc1. The second-order valence-electron chi connectivity index (χ2n) is 7.54. The maximum absolute atomic E-state index is 12.9. The van der Waals surface area contributed by atoms with Crippen molar-refractivity contribution >= 4 is 33.6 Å². The van der Waals surface area contributed by atoms with E-state index >= 15 is 0 Å². The van der Waals surface area contributed by atoms with Crippen LogP contribution < -0.4 is 10.9 Å². The van der Waals surface area contributed by atoms with E-state index in [0.717, 1.165) is 33.1 Å². The number of pyridine rings is 1. The summed E-state index contributed by atoms with van der Waals surface area (Å²) in [7, 11) is 1.76. The first-order chi connectivity index (χ1) is 14.6. The zero-order valence-corrected chi connectivity index (χ0v) is 16.8. The molecular formula is C24H21N5O. The van der Waals surface area contributed by atoms with E-state index in [2.05, 4.69) is 51.5 Å². The van der Waals surface area contributed by atoms with Crippen LogP contribution in [0.5, 0.6) is 0 Å². The number of nitrogens with zero attached hydrogens (tertiary/aromatic N) is 3. The third-order valence-electron chi connectivity index (χ3n) is 5.38. The molecule has 0 saturated heterocycles. The van der Waals surface area contributed by atoms with Crippen molar-refractivity contribution in [1.82, 2.24) is 19.5 Å². The molecule has 0 radical (unpaired) electrons. The summed E-state index contributed by atoms with van der Waals surface area (Å²) in [6.07, 6.45) is 4.24.